The number of hydrogen-bond acceptors (Lipinski definition) is 4. The van der Waals surface area contributed by atoms with Gasteiger partial charge in [0, 0.05) is 26.4 Å². The van der Waals surface area contributed by atoms with Crippen molar-refractivity contribution in [3.05, 3.63) is 0 Å². The van der Waals surface area contributed by atoms with Crippen molar-refractivity contribution in [1.82, 2.24) is 5.32 Å². The molecule has 0 fully saturated rings. The topological polar surface area (TPSA) is 56.8 Å². The summed E-state index contributed by atoms with van der Waals surface area (Å²) in [6, 6.07) is 0. The number of ether oxygens (including phenoxy) is 3. The van der Waals surface area contributed by atoms with Crippen molar-refractivity contribution in [1.29, 1.82) is 0 Å². The minimum absolute atomic E-state index is 0.0329. The van der Waals surface area contributed by atoms with Crippen molar-refractivity contribution in [2.24, 2.45) is 5.92 Å². The minimum atomic E-state index is -0.0329. The summed E-state index contributed by atoms with van der Waals surface area (Å²) < 4.78 is 16.1. The van der Waals surface area contributed by atoms with E-state index < -0.39 is 0 Å². The van der Waals surface area contributed by atoms with Crippen LogP contribution in [0, 0.1) is 5.92 Å². The molecule has 0 atom stereocenters. The third-order valence-electron chi connectivity index (χ3n) is 3.67. The van der Waals surface area contributed by atoms with E-state index in [1.54, 1.807) is 0 Å². The lowest BCUT2D eigenvalue weighted by Crippen LogP contribution is -2.28. The zero-order valence-corrected chi connectivity index (χ0v) is 16.1. The average molecular weight is 346 g/mol. The van der Waals surface area contributed by atoms with Gasteiger partial charge in [-0.2, -0.15) is 0 Å². The van der Waals surface area contributed by atoms with Crippen molar-refractivity contribution >= 4 is 5.91 Å². The van der Waals surface area contributed by atoms with Gasteiger partial charge in [0.1, 0.15) is 6.61 Å². The number of nitrogens with one attached hydrogen (secondary N) is 1. The Morgan fingerprint density at radius 1 is 0.833 bits per heavy atom. The molecule has 0 rings (SSSR count). The van der Waals surface area contributed by atoms with Gasteiger partial charge in [0.15, 0.2) is 0 Å². The number of carbonyl (C=O) groups excluding carboxylic acids is 1. The highest BCUT2D eigenvalue weighted by Crippen LogP contribution is 2.07. The molecule has 0 aliphatic carbocycles. The Morgan fingerprint density at radius 2 is 1.46 bits per heavy atom. The van der Waals surface area contributed by atoms with Crippen molar-refractivity contribution < 1.29 is 19.0 Å². The first kappa shape index (κ1) is 23.4. The van der Waals surface area contributed by atoms with Crippen LogP contribution >= 0.6 is 0 Å². The van der Waals surface area contributed by atoms with Crippen LogP contribution in [0.2, 0.25) is 0 Å². The van der Waals surface area contributed by atoms with Gasteiger partial charge in [-0.25, -0.2) is 0 Å². The summed E-state index contributed by atoms with van der Waals surface area (Å²) >= 11 is 0. The maximum absolute atomic E-state index is 11.3. The third kappa shape index (κ3) is 19.4. The minimum Gasteiger partial charge on any atom is -0.379 e. The number of rotatable bonds is 18. The Morgan fingerprint density at radius 3 is 2.04 bits per heavy atom. The van der Waals surface area contributed by atoms with Gasteiger partial charge >= 0.3 is 0 Å². The molecule has 0 heterocycles. The predicted octanol–water partition coefficient (Wildman–Crippen LogP) is 3.56. The zero-order valence-electron chi connectivity index (χ0n) is 16.1. The molecule has 1 N–H and O–H groups in total. The number of hydrogen-bond donors (Lipinski definition) is 1. The maximum Gasteiger partial charge on any atom is 0.245 e. The highest BCUT2D eigenvalue weighted by atomic mass is 16.5. The monoisotopic (exact) mass is 345 g/mol. The zero-order chi connectivity index (χ0) is 17.9. The van der Waals surface area contributed by atoms with Gasteiger partial charge in [0.25, 0.3) is 0 Å². The Labute approximate surface area is 148 Å². The van der Waals surface area contributed by atoms with E-state index >= 15 is 0 Å². The largest absolute Gasteiger partial charge is 0.379 e. The molecular weight excluding hydrogens is 306 g/mol. The van der Waals surface area contributed by atoms with Crippen LogP contribution in [0.25, 0.3) is 0 Å². The second kappa shape index (κ2) is 18.7. The molecule has 0 radical (unpaired) electrons. The average Bonchev–Trinajstić information content (AvgIpc) is 2.56. The standard InChI is InChI=1S/C19H39NO4/c1-4-22-17-19(21)20-12-8-6-10-14-24-16-15-23-13-9-5-7-11-18(2)3/h18H,4-17H2,1-3H3,(H,20,21). The van der Waals surface area contributed by atoms with E-state index in [0.29, 0.717) is 26.4 Å². The molecule has 0 spiro atoms. The maximum atomic E-state index is 11.3. The Bertz CT molecular complexity index is 272. The molecule has 0 unspecified atom stereocenters. The van der Waals surface area contributed by atoms with Gasteiger partial charge in [-0.05, 0) is 38.5 Å². The SMILES string of the molecule is CCOCC(=O)NCCCCCOCCOCCCCCC(C)C. The summed E-state index contributed by atoms with van der Waals surface area (Å²) in [5.41, 5.74) is 0. The molecular formula is C19H39NO4. The second-order valence-electron chi connectivity index (χ2n) is 6.52. The molecule has 5 heteroatoms. The molecule has 0 saturated heterocycles. The lowest BCUT2D eigenvalue weighted by atomic mass is 10.1. The first-order valence-corrected chi connectivity index (χ1v) is 9.66. The van der Waals surface area contributed by atoms with Gasteiger partial charge in [-0.15, -0.1) is 0 Å². The van der Waals surface area contributed by atoms with E-state index in [4.69, 9.17) is 14.2 Å². The molecule has 5 nitrogen and oxygen atoms in total. The quantitative estimate of drug-likeness (QED) is 0.386. The van der Waals surface area contributed by atoms with E-state index in [1.165, 1.54) is 19.3 Å². The fourth-order valence-corrected chi connectivity index (χ4v) is 2.23. The normalized spacial score (nSPS) is 11.2. The Kier molecular flexibility index (Phi) is 18.2. The van der Waals surface area contributed by atoms with Gasteiger partial charge in [-0.1, -0.05) is 33.1 Å². The Hall–Kier alpha value is -0.650. The predicted molar refractivity (Wildman–Crippen MR) is 98.3 cm³/mol. The molecule has 0 saturated carbocycles. The van der Waals surface area contributed by atoms with Crippen LogP contribution in [0.3, 0.4) is 0 Å². The van der Waals surface area contributed by atoms with Crippen LogP contribution in [-0.4, -0.2) is 52.1 Å². The smallest absolute Gasteiger partial charge is 0.245 e. The van der Waals surface area contributed by atoms with Gasteiger partial charge < -0.3 is 19.5 Å². The van der Waals surface area contributed by atoms with Crippen molar-refractivity contribution in [2.75, 3.05) is 46.2 Å². The first-order valence-electron chi connectivity index (χ1n) is 9.66. The van der Waals surface area contributed by atoms with E-state index in [0.717, 1.165) is 44.8 Å². The van der Waals surface area contributed by atoms with Crippen LogP contribution in [0.5, 0.6) is 0 Å². The number of amides is 1. The molecule has 0 aliphatic heterocycles. The van der Waals surface area contributed by atoms with Crippen LogP contribution < -0.4 is 5.32 Å². The molecule has 0 aromatic carbocycles. The molecule has 24 heavy (non-hydrogen) atoms. The molecule has 0 aromatic rings. The highest BCUT2D eigenvalue weighted by Gasteiger charge is 1.99. The molecule has 0 aliphatic rings. The summed E-state index contributed by atoms with van der Waals surface area (Å²) in [7, 11) is 0. The van der Waals surface area contributed by atoms with E-state index in [2.05, 4.69) is 19.2 Å². The Balaban J connectivity index is 3.06. The second-order valence-corrected chi connectivity index (χ2v) is 6.52. The van der Waals surface area contributed by atoms with Crippen LogP contribution in [0.4, 0.5) is 0 Å². The van der Waals surface area contributed by atoms with Gasteiger partial charge in [0.2, 0.25) is 5.91 Å². The molecule has 0 bridgehead atoms. The number of carbonyl (C=O) groups is 1. The van der Waals surface area contributed by atoms with E-state index in [9.17, 15) is 4.79 Å². The molecule has 144 valence electrons. The fourth-order valence-electron chi connectivity index (χ4n) is 2.23. The first-order chi connectivity index (χ1) is 11.7. The van der Waals surface area contributed by atoms with E-state index in [-0.39, 0.29) is 12.5 Å². The summed E-state index contributed by atoms with van der Waals surface area (Å²) in [5.74, 6) is 0.778. The van der Waals surface area contributed by atoms with E-state index in [1.807, 2.05) is 6.92 Å². The van der Waals surface area contributed by atoms with Crippen molar-refractivity contribution in [2.45, 2.75) is 65.7 Å². The summed E-state index contributed by atoms with van der Waals surface area (Å²) in [4.78, 5) is 11.3. The fraction of sp³-hybridized carbons (Fsp3) is 0.947. The third-order valence-corrected chi connectivity index (χ3v) is 3.67. The summed E-state index contributed by atoms with van der Waals surface area (Å²) in [6.07, 6.45) is 8.11. The molecule has 0 aromatic heterocycles. The lowest BCUT2D eigenvalue weighted by Gasteiger charge is -2.07. The van der Waals surface area contributed by atoms with Crippen LogP contribution in [-0.2, 0) is 19.0 Å². The highest BCUT2D eigenvalue weighted by molar-refractivity contribution is 5.77. The summed E-state index contributed by atoms with van der Waals surface area (Å²) in [6.45, 7) is 10.9. The van der Waals surface area contributed by atoms with Crippen molar-refractivity contribution in [3.63, 3.8) is 0 Å². The van der Waals surface area contributed by atoms with Gasteiger partial charge in [-0.3, -0.25) is 4.79 Å². The lowest BCUT2D eigenvalue weighted by molar-refractivity contribution is -0.125. The summed E-state index contributed by atoms with van der Waals surface area (Å²) in [5, 5.41) is 2.84. The number of unbranched alkanes of at least 4 members (excludes halogenated alkanes) is 4. The van der Waals surface area contributed by atoms with Crippen LogP contribution in [0.15, 0.2) is 0 Å². The van der Waals surface area contributed by atoms with Gasteiger partial charge in [0.05, 0.1) is 13.2 Å². The van der Waals surface area contributed by atoms with Crippen molar-refractivity contribution in [3.8, 4) is 0 Å². The molecule has 1 amide bonds. The van der Waals surface area contributed by atoms with Crippen LogP contribution in [0.1, 0.15) is 65.7 Å².